The van der Waals surface area contributed by atoms with Gasteiger partial charge < -0.3 is 10.6 Å². The monoisotopic (exact) mass is 310 g/mol. The number of aromatic nitrogens is 2. The molecule has 0 spiro atoms. The Kier molecular flexibility index (Phi) is 3.60. The quantitative estimate of drug-likeness (QED) is 0.927. The van der Waals surface area contributed by atoms with E-state index in [0.717, 1.165) is 42.2 Å². The maximum Gasteiger partial charge on any atom is 0.416 e. The smallest absolute Gasteiger partial charge is 0.359 e. The molecule has 0 saturated heterocycles. The van der Waals surface area contributed by atoms with E-state index in [0.29, 0.717) is 12.5 Å². The molecule has 7 heteroatoms. The highest BCUT2D eigenvalue weighted by atomic mass is 19.4. The van der Waals surface area contributed by atoms with Gasteiger partial charge in [0.25, 0.3) is 0 Å². The number of rotatable bonds is 2. The Hall–Kier alpha value is -2.02. The predicted octanol–water partition coefficient (Wildman–Crippen LogP) is 2.59. The zero-order valence-electron chi connectivity index (χ0n) is 12.1. The summed E-state index contributed by atoms with van der Waals surface area (Å²) in [6.45, 7) is 2.13. The van der Waals surface area contributed by atoms with Crippen LogP contribution in [0.1, 0.15) is 5.56 Å². The van der Waals surface area contributed by atoms with E-state index in [2.05, 4.69) is 10.00 Å². The lowest BCUT2D eigenvalue weighted by atomic mass is 10.0. The number of halogens is 3. The summed E-state index contributed by atoms with van der Waals surface area (Å²) in [6.07, 6.45) is -2.62. The van der Waals surface area contributed by atoms with Crippen LogP contribution in [0.3, 0.4) is 0 Å². The topological polar surface area (TPSA) is 47.1 Å². The first-order valence-electron chi connectivity index (χ1n) is 7.05. The van der Waals surface area contributed by atoms with Crippen molar-refractivity contribution in [2.75, 3.05) is 25.0 Å². The fourth-order valence-electron chi connectivity index (χ4n) is 2.88. The van der Waals surface area contributed by atoms with Gasteiger partial charge in [-0.1, -0.05) is 12.1 Å². The first-order valence-corrected chi connectivity index (χ1v) is 7.05. The van der Waals surface area contributed by atoms with Crippen LogP contribution in [0, 0.1) is 5.92 Å². The number of alkyl halides is 3. The van der Waals surface area contributed by atoms with Gasteiger partial charge in [0.15, 0.2) is 0 Å². The molecular formula is C15H17F3N4. The Labute approximate surface area is 126 Å². The van der Waals surface area contributed by atoms with Crippen molar-refractivity contribution in [3.8, 4) is 11.1 Å². The van der Waals surface area contributed by atoms with Crippen molar-refractivity contribution in [1.29, 1.82) is 0 Å². The van der Waals surface area contributed by atoms with Crippen LogP contribution in [-0.4, -0.2) is 29.9 Å². The van der Waals surface area contributed by atoms with Crippen molar-refractivity contribution in [3.05, 3.63) is 36.0 Å². The zero-order chi connectivity index (χ0) is 15.9. The number of nitrogens with two attached hydrogens (primary N) is 1. The maximum absolute atomic E-state index is 12.6. The van der Waals surface area contributed by atoms with Crippen molar-refractivity contribution < 1.29 is 13.2 Å². The Morgan fingerprint density at radius 2 is 1.91 bits per heavy atom. The van der Waals surface area contributed by atoms with Crippen LogP contribution in [0.5, 0.6) is 0 Å². The number of anilines is 1. The third-order valence-corrected chi connectivity index (χ3v) is 3.99. The van der Waals surface area contributed by atoms with Gasteiger partial charge >= 0.3 is 6.18 Å². The van der Waals surface area contributed by atoms with Crippen molar-refractivity contribution >= 4 is 5.82 Å². The van der Waals surface area contributed by atoms with E-state index in [1.54, 1.807) is 6.20 Å². The van der Waals surface area contributed by atoms with Gasteiger partial charge in [-0.3, -0.25) is 0 Å². The summed E-state index contributed by atoms with van der Waals surface area (Å²) in [5.41, 5.74) is 6.65. The number of hydrogen-bond donors (Lipinski definition) is 1. The lowest BCUT2D eigenvalue weighted by Gasteiger charge is -2.32. The zero-order valence-corrected chi connectivity index (χ0v) is 12.1. The van der Waals surface area contributed by atoms with Gasteiger partial charge in [0, 0.05) is 31.6 Å². The van der Waals surface area contributed by atoms with Crippen LogP contribution >= 0.6 is 0 Å². The van der Waals surface area contributed by atoms with Gasteiger partial charge in [-0.25, -0.2) is 4.68 Å². The standard InChI is InChI=1S/C15H17F3N4/c1-21-8-10(6-19)9-22-14(21)13(7-20-22)11-2-4-12(5-3-11)15(16,17)18/h2-5,7,10H,6,8-9,19H2,1H3. The molecule has 22 heavy (non-hydrogen) atoms. The third-order valence-electron chi connectivity index (χ3n) is 3.99. The van der Waals surface area contributed by atoms with Crippen LogP contribution in [0.2, 0.25) is 0 Å². The molecular weight excluding hydrogens is 293 g/mol. The van der Waals surface area contributed by atoms with Gasteiger partial charge in [0.1, 0.15) is 5.82 Å². The Morgan fingerprint density at radius 3 is 2.50 bits per heavy atom. The fourth-order valence-corrected chi connectivity index (χ4v) is 2.88. The summed E-state index contributed by atoms with van der Waals surface area (Å²) in [6, 6.07) is 5.18. The fraction of sp³-hybridized carbons (Fsp3) is 0.400. The normalized spacial score (nSPS) is 18.4. The molecule has 0 saturated carbocycles. The molecule has 0 bridgehead atoms. The molecule has 2 heterocycles. The van der Waals surface area contributed by atoms with E-state index in [-0.39, 0.29) is 0 Å². The van der Waals surface area contributed by atoms with Gasteiger partial charge in [-0.05, 0) is 24.2 Å². The van der Waals surface area contributed by atoms with E-state index in [1.165, 1.54) is 12.1 Å². The average molecular weight is 310 g/mol. The van der Waals surface area contributed by atoms with Crippen LogP contribution in [0.15, 0.2) is 30.5 Å². The summed E-state index contributed by atoms with van der Waals surface area (Å²) >= 11 is 0. The van der Waals surface area contributed by atoms with Gasteiger partial charge in [0.2, 0.25) is 0 Å². The maximum atomic E-state index is 12.6. The molecule has 0 radical (unpaired) electrons. The largest absolute Gasteiger partial charge is 0.416 e. The second kappa shape index (κ2) is 5.31. The summed E-state index contributed by atoms with van der Waals surface area (Å²) in [5.74, 6) is 1.25. The van der Waals surface area contributed by atoms with E-state index in [9.17, 15) is 13.2 Å². The SMILES string of the molecule is CN1CC(CN)Cn2ncc(-c3ccc(C(F)(F)F)cc3)c21. The van der Waals surface area contributed by atoms with Gasteiger partial charge in [0.05, 0.1) is 11.8 Å². The van der Waals surface area contributed by atoms with E-state index >= 15 is 0 Å². The molecule has 0 amide bonds. The number of nitrogens with zero attached hydrogens (tertiary/aromatic N) is 3. The first-order chi connectivity index (χ1) is 10.4. The van der Waals surface area contributed by atoms with Crippen molar-refractivity contribution in [2.45, 2.75) is 12.7 Å². The number of benzene rings is 1. The molecule has 1 atom stereocenters. The van der Waals surface area contributed by atoms with Crippen LogP contribution < -0.4 is 10.6 Å². The Bertz CT molecular complexity index is 660. The lowest BCUT2D eigenvalue weighted by molar-refractivity contribution is -0.137. The molecule has 1 unspecified atom stereocenters. The lowest BCUT2D eigenvalue weighted by Crippen LogP contribution is -2.39. The second-order valence-electron chi connectivity index (χ2n) is 5.62. The van der Waals surface area contributed by atoms with E-state index in [1.807, 2.05) is 11.7 Å². The number of hydrogen-bond acceptors (Lipinski definition) is 3. The molecule has 2 N–H and O–H groups in total. The highest BCUT2D eigenvalue weighted by molar-refractivity contribution is 5.76. The molecule has 118 valence electrons. The summed E-state index contributed by atoms with van der Waals surface area (Å²) in [5, 5.41) is 4.35. The summed E-state index contributed by atoms with van der Waals surface area (Å²) in [7, 11) is 1.95. The van der Waals surface area contributed by atoms with E-state index in [4.69, 9.17) is 5.73 Å². The first kappa shape index (κ1) is 14.9. The predicted molar refractivity (Wildman–Crippen MR) is 78.5 cm³/mol. The van der Waals surface area contributed by atoms with Crippen molar-refractivity contribution in [2.24, 2.45) is 11.7 Å². The van der Waals surface area contributed by atoms with Crippen molar-refractivity contribution in [1.82, 2.24) is 9.78 Å². The molecule has 0 aliphatic carbocycles. The molecule has 3 rings (SSSR count). The van der Waals surface area contributed by atoms with E-state index < -0.39 is 11.7 Å². The minimum Gasteiger partial charge on any atom is -0.359 e. The van der Waals surface area contributed by atoms with Gasteiger partial charge in [-0.2, -0.15) is 18.3 Å². The van der Waals surface area contributed by atoms with Crippen LogP contribution in [0.4, 0.5) is 19.0 Å². The molecule has 1 aliphatic rings. The van der Waals surface area contributed by atoms with Crippen LogP contribution in [0.25, 0.3) is 11.1 Å². The van der Waals surface area contributed by atoms with Crippen LogP contribution in [-0.2, 0) is 12.7 Å². The highest BCUT2D eigenvalue weighted by Gasteiger charge is 2.30. The summed E-state index contributed by atoms with van der Waals surface area (Å²) < 4.78 is 39.8. The van der Waals surface area contributed by atoms with Crippen molar-refractivity contribution in [3.63, 3.8) is 0 Å². The molecule has 1 aliphatic heterocycles. The third kappa shape index (κ3) is 2.56. The molecule has 1 aromatic carbocycles. The Morgan fingerprint density at radius 1 is 1.23 bits per heavy atom. The second-order valence-corrected chi connectivity index (χ2v) is 5.62. The average Bonchev–Trinajstić information content (AvgIpc) is 2.90. The molecule has 1 aromatic heterocycles. The Balaban J connectivity index is 1.96. The number of fused-ring (bicyclic) bond motifs is 1. The molecule has 0 fully saturated rings. The minimum absolute atomic E-state index is 0.331. The highest BCUT2D eigenvalue weighted by Crippen LogP contribution is 2.35. The summed E-state index contributed by atoms with van der Waals surface area (Å²) in [4.78, 5) is 2.06. The molecule has 4 nitrogen and oxygen atoms in total. The van der Waals surface area contributed by atoms with Gasteiger partial charge in [-0.15, -0.1) is 0 Å². The minimum atomic E-state index is -4.32. The molecule has 2 aromatic rings.